The number of nitrogens with zero attached hydrogens (tertiary/aromatic N) is 3. The van der Waals surface area contributed by atoms with Gasteiger partial charge in [-0.1, -0.05) is 11.3 Å². The maximum Gasteiger partial charge on any atom is 0.269 e. The lowest BCUT2D eigenvalue weighted by Crippen LogP contribution is -2.19. The van der Waals surface area contributed by atoms with Crippen LogP contribution in [0.5, 0.6) is 0 Å². The summed E-state index contributed by atoms with van der Waals surface area (Å²) in [5.41, 5.74) is 0.960. The van der Waals surface area contributed by atoms with E-state index in [1.165, 1.54) is 25.0 Å². The Hall–Kier alpha value is -1.86. The first kappa shape index (κ1) is 13.1. The fraction of sp³-hybridized carbons (Fsp3) is 0.385. The predicted octanol–water partition coefficient (Wildman–Crippen LogP) is 2.41. The molecule has 1 aliphatic rings. The molecular weight excluding hydrogens is 276 g/mol. The summed E-state index contributed by atoms with van der Waals surface area (Å²) in [4.78, 5) is 10.2. The van der Waals surface area contributed by atoms with Gasteiger partial charge in [-0.05, 0) is 25.0 Å². The summed E-state index contributed by atoms with van der Waals surface area (Å²) in [6, 6.07) is 7.11. The molecule has 0 radical (unpaired) electrons. The molecule has 20 heavy (non-hydrogen) atoms. The van der Waals surface area contributed by atoms with Crippen molar-refractivity contribution in [2.75, 3.05) is 6.54 Å². The Morgan fingerprint density at radius 1 is 1.30 bits per heavy atom. The molecule has 1 fully saturated rings. The van der Waals surface area contributed by atoms with E-state index in [4.69, 9.17) is 0 Å². The van der Waals surface area contributed by atoms with Crippen LogP contribution in [0, 0.1) is 10.1 Å². The summed E-state index contributed by atoms with van der Waals surface area (Å²) in [6.07, 6.45) is 3.44. The molecule has 7 heteroatoms. The van der Waals surface area contributed by atoms with Crippen LogP contribution in [0.25, 0.3) is 10.6 Å². The average molecular weight is 290 g/mol. The molecule has 3 rings (SSSR count). The Bertz CT molecular complexity index is 607. The lowest BCUT2D eigenvalue weighted by Gasteiger charge is -1.98. The van der Waals surface area contributed by atoms with Crippen molar-refractivity contribution in [3.8, 4) is 10.6 Å². The highest BCUT2D eigenvalue weighted by Crippen LogP contribution is 2.25. The summed E-state index contributed by atoms with van der Waals surface area (Å²) >= 11 is 1.54. The monoisotopic (exact) mass is 290 g/mol. The van der Waals surface area contributed by atoms with E-state index >= 15 is 0 Å². The van der Waals surface area contributed by atoms with E-state index < -0.39 is 4.92 Å². The second-order valence-electron chi connectivity index (χ2n) is 4.78. The van der Waals surface area contributed by atoms with Crippen LogP contribution in [0.4, 0.5) is 5.69 Å². The maximum atomic E-state index is 10.6. The van der Waals surface area contributed by atoms with E-state index in [0.717, 1.165) is 28.5 Å². The van der Waals surface area contributed by atoms with Crippen LogP contribution in [-0.2, 0) is 6.42 Å². The number of hydrogen-bond acceptors (Lipinski definition) is 6. The number of hydrogen-bond donors (Lipinski definition) is 1. The first-order valence-corrected chi connectivity index (χ1v) is 7.34. The van der Waals surface area contributed by atoms with Gasteiger partial charge in [-0.25, -0.2) is 0 Å². The van der Waals surface area contributed by atoms with Crippen molar-refractivity contribution in [1.29, 1.82) is 0 Å². The molecule has 1 aliphatic carbocycles. The van der Waals surface area contributed by atoms with Crippen molar-refractivity contribution < 1.29 is 4.92 Å². The SMILES string of the molecule is O=[N+]([O-])c1ccc(-c2nnc(CCNC3CC3)s2)cc1. The summed E-state index contributed by atoms with van der Waals surface area (Å²) in [6.45, 7) is 0.930. The molecule has 0 atom stereocenters. The molecule has 1 heterocycles. The van der Waals surface area contributed by atoms with Crippen LogP contribution in [-0.4, -0.2) is 27.7 Å². The fourth-order valence-electron chi connectivity index (χ4n) is 1.87. The van der Waals surface area contributed by atoms with Crippen LogP contribution >= 0.6 is 11.3 Å². The highest BCUT2D eigenvalue weighted by Gasteiger charge is 2.20. The van der Waals surface area contributed by atoms with Crippen molar-refractivity contribution in [1.82, 2.24) is 15.5 Å². The number of nitro groups is 1. The zero-order valence-electron chi connectivity index (χ0n) is 10.8. The Morgan fingerprint density at radius 3 is 2.70 bits per heavy atom. The molecule has 0 aliphatic heterocycles. The Morgan fingerprint density at radius 2 is 2.05 bits per heavy atom. The maximum absolute atomic E-state index is 10.6. The Labute approximate surface area is 120 Å². The van der Waals surface area contributed by atoms with Crippen molar-refractivity contribution >= 4 is 17.0 Å². The number of nitro benzene ring substituents is 1. The number of non-ortho nitro benzene ring substituents is 1. The fourth-order valence-corrected chi connectivity index (χ4v) is 2.71. The van der Waals surface area contributed by atoms with E-state index in [1.54, 1.807) is 23.5 Å². The van der Waals surface area contributed by atoms with Gasteiger partial charge in [-0.2, -0.15) is 0 Å². The lowest BCUT2D eigenvalue weighted by molar-refractivity contribution is -0.384. The summed E-state index contributed by atoms with van der Waals surface area (Å²) in [7, 11) is 0. The molecule has 0 unspecified atom stereocenters. The van der Waals surface area contributed by atoms with Crippen molar-refractivity contribution in [2.45, 2.75) is 25.3 Å². The molecule has 0 bridgehead atoms. The van der Waals surface area contributed by atoms with E-state index in [1.807, 2.05) is 0 Å². The number of benzene rings is 1. The van der Waals surface area contributed by atoms with Gasteiger partial charge < -0.3 is 5.32 Å². The van der Waals surface area contributed by atoms with Crippen molar-refractivity contribution in [2.24, 2.45) is 0 Å². The molecule has 104 valence electrons. The van der Waals surface area contributed by atoms with E-state index in [0.29, 0.717) is 6.04 Å². The van der Waals surface area contributed by atoms with E-state index in [-0.39, 0.29) is 5.69 Å². The van der Waals surface area contributed by atoms with Gasteiger partial charge in [0.25, 0.3) is 5.69 Å². The number of aromatic nitrogens is 2. The van der Waals surface area contributed by atoms with Gasteiger partial charge in [-0.15, -0.1) is 10.2 Å². The molecule has 1 aromatic carbocycles. The largest absolute Gasteiger partial charge is 0.314 e. The molecule has 1 saturated carbocycles. The quantitative estimate of drug-likeness (QED) is 0.652. The Balaban J connectivity index is 1.64. The minimum absolute atomic E-state index is 0.0899. The van der Waals surface area contributed by atoms with E-state index in [9.17, 15) is 10.1 Å². The minimum atomic E-state index is -0.404. The van der Waals surface area contributed by atoms with Crippen LogP contribution in [0.1, 0.15) is 17.8 Å². The third-order valence-corrected chi connectivity index (χ3v) is 4.17. The lowest BCUT2D eigenvalue weighted by atomic mass is 10.2. The van der Waals surface area contributed by atoms with Crippen LogP contribution in [0.3, 0.4) is 0 Å². The Kier molecular flexibility index (Phi) is 3.70. The number of nitrogens with one attached hydrogen (secondary N) is 1. The predicted molar refractivity (Wildman–Crippen MR) is 76.7 cm³/mol. The smallest absolute Gasteiger partial charge is 0.269 e. The second kappa shape index (κ2) is 5.64. The molecule has 1 aromatic heterocycles. The summed E-state index contributed by atoms with van der Waals surface area (Å²) in [5, 5.41) is 24.1. The van der Waals surface area contributed by atoms with Gasteiger partial charge >= 0.3 is 0 Å². The molecule has 0 spiro atoms. The molecule has 6 nitrogen and oxygen atoms in total. The molecule has 0 saturated heterocycles. The zero-order valence-corrected chi connectivity index (χ0v) is 11.6. The zero-order chi connectivity index (χ0) is 13.9. The summed E-state index contributed by atoms with van der Waals surface area (Å²) < 4.78 is 0. The molecule has 2 aromatic rings. The van der Waals surface area contributed by atoms with Gasteiger partial charge in [0.05, 0.1) is 4.92 Å². The van der Waals surface area contributed by atoms with Gasteiger partial charge in [0.15, 0.2) is 0 Å². The first-order chi connectivity index (χ1) is 9.72. The van der Waals surface area contributed by atoms with Crippen molar-refractivity contribution in [3.05, 3.63) is 39.4 Å². The van der Waals surface area contributed by atoms with E-state index in [2.05, 4.69) is 15.5 Å². The van der Waals surface area contributed by atoms with Crippen molar-refractivity contribution in [3.63, 3.8) is 0 Å². The highest BCUT2D eigenvalue weighted by molar-refractivity contribution is 7.14. The van der Waals surface area contributed by atoms with Crippen LogP contribution < -0.4 is 5.32 Å². The average Bonchev–Trinajstić information content (AvgIpc) is 3.15. The summed E-state index contributed by atoms with van der Waals surface area (Å²) in [5.74, 6) is 0. The van der Waals surface area contributed by atoms with Gasteiger partial charge in [0.1, 0.15) is 10.0 Å². The normalized spacial score (nSPS) is 14.4. The molecule has 1 N–H and O–H groups in total. The first-order valence-electron chi connectivity index (χ1n) is 6.53. The topological polar surface area (TPSA) is 81.0 Å². The standard InChI is InChI=1S/C13H14N4O2S/c18-17(19)11-5-1-9(2-6-11)13-16-15-12(20-13)7-8-14-10-3-4-10/h1-2,5-6,10,14H,3-4,7-8H2. The minimum Gasteiger partial charge on any atom is -0.314 e. The molecule has 0 amide bonds. The van der Waals surface area contributed by atoms with Gasteiger partial charge in [0.2, 0.25) is 0 Å². The van der Waals surface area contributed by atoms with Gasteiger partial charge in [-0.3, -0.25) is 10.1 Å². The third kappa shape index (κ3) is 3.17. The molecular formula is C13H14N4O2S. The van der Waals surface area contributed by atoms with Crippen LogP contribution in [0.15, 0.2) is 24.3 Å². The second-order valence-corrected chi connectivity index (χ2v) is 5.85. The van der Waals surface area contributed by atoms with Crippen LogP contribution in [0.2, 0.25) is 0 Å². The van der Waals surface area contributed by atoms with Gasteiger partial charge in [0, 0.05) is 36.7 Å². The highest BCUT2D eigenvalue weighted by atomic mass is 32.1. The number of rotatable bonds is 6. The third-order valence-electron chi connectivity index (χ3n) is 3.14.